The van der Waals surface area contributed by atoms with Gasteiger partial charge in [-0.25, -0.2) is 0 Å². The summed E-state index contributed by atoms with van der Waals surface area (Å²) in [7, 11) is 0. The Morgan fingerprint density at radius 3 is 2.88 bits per heavy atom. The number of thioether (sulfide) groups is 1. The van der Waals surface area contributed by atoms with Gasteiger partial charge in [0.05, 0.1) is 0 Å². The van der Waals surface area contributed by atoms with Crippen LogP contribution in [0.2, 0.25) is 5.02 Å². The van der Waals surface area contributed by atoms with Crippen molar-refractivity contribution < 1.29 is 10.3 Å². The van der Waals surface area contributed by atoms with Crippen molar-refractivity contribution in [3.8, 4) is 0 Å². The van der Waals surface area contributed by atoms with Crippen molar-refractivity contribution in [2.24, 2.45) is 16.8 Å². The number of hydrogen-bond acceptors (Lipinski definition) is 4. The molecule has 0 aliphatic carbocycles. The fourth-order valence-corrected chi connectivity index (χ4v) is 2.51. The second-order valence-corrected chi connectivity index (χ2v) is 5.22. The van der Waals surface area contributed by atoms with Crippen molar-refractivity contribution in [2.75, 3.05) is 12.4 Å². The molecular formula is C11H15ClN2O2S. The van der Waals surface area contributed by atoms with E-state index in [0.717, 1.165) is 10.6 Å². The number of aliphatic hydroxyl groups excluding tert-OH is 1. The molecule has 0 saturated heterocycles. The molecule has 0 bridgehead atoms. The SMILES string of the molecule is CC(CO)CSc1cc(Cl)ccc1C(N)=NO. The van der Waals surface area contributed by atoms with Crippen molar-refractivity contribution in [1.29, 1.82) is 0 Å². The summed E-state index contributed by atoms with van der Waals surface area (Å²) in [4.78, 5) is 0.841. The third kappa shape index (κ3) is 4.11. The minimum Gasteiger partial charge on any atom is -0.409 e. The number of aliphatic hydroxyl groups is 1. The second-order valence-electron chi connectivity index (χ2n) is 3.72. The van der Waals surface area contributed by atoms with Crippen LogP contribution in [0.5, 0.6) is 0 Å². The van der Waals surface area contributed by atoms with Crippen molar-refractivity contribution in [3.63, 3.8) is 0 Å². The van der Waals surface area contributed by atoms with Crippen LogP contribution in [0.15, 0.2) is 28.3 Å². The van der Waals surface area contributed by atoms with Crippen molar-refractivity contribution >= 4 is 29.2 Å². The van der Waals surface area contributed by atoms with Gasteiger partial charge in [0, 0.05) is 27.8 Å². The maximum atomic E-state index is 8.96. The summed E-state index contributed by atoms with van der Waals surface area (Å²) in [6.45, 7) is 2.08. The topological polar surface area (TPSA) is 78.8 Å². The molecule has 1 unspecified atom stereocenters. The fourth-order valence-electron chi connectivity index (χ4n) is 1.17. The largest absolute Gasteiger partial charge is 0.409 e. The van der Waals surface area contributed by atoms with Crippen LogP contribution < -0.4 is 5.73 Å². The highest BCUT2D eigenvalue weighted by Gasteiger charge is 2.10. The minimum atomic E-state index is 0.0563. The molecule has 0 saturated carbocycles. The van der Waals surface area contributed by atoms with Gasteiger partial charge >= 0.3 is 0 Å². The van der Waals surface area contributed by atoms with Gasteiger partial charge in [-0.1, -0.05) is 23.7 Å². The monoisotopic (exact) mass is 274 g/mol. The molecule has 0 heterocycles. The zero-order valence-electron chi connectivity index (χ0n) is 9.43. The van der Waals surface area contributed by atoms with Gasteiger partial charge in [-0.15, -0.1) is 11.8 Å². The molecule has 1 aromatic rings. The summed E-state index contributed by atoms with van der Waals surface area (Å²) in [6, 6.07) is 5.17. The molecule has 0 aliphatic rings. The summed E-state index contributed by atoms with van der Waals surface area (Å²) in [5.74, 6) is 0.975. The van der Waals surface area contributed by atoms with Gasteiger partial charge in [-0.05, 0) is 24.1 Å². The highest BCUT2D eigenvalue weighted by molar-refractivity contribution is 7.99. The predicted molar refractivity (Wildman–Crippen MR) is 70.9 cm³/mol. The van der Waals surface area contributed by atoms with Gasteiger partial charge < -0.3 is 16.0 Å². The molecule has 6 heteroatoms. The Balaban J connectivity index is 2.91. The van der Waals surface area contributed by atoms with Gasteiger partial charge in [-0.2, -0.15) is 0 Å². The van der Waals surface area contributed by atoms with Crippen LogP contribution in [0.1, 0.15) is 12.5 Å². The first kappa shape index (κ1) is 14.2. The quantitative estimate of drug-likeness (QED) is 0.253. The fraction of sp³-hybridized carbons (Fsp3) is 0.364. The van der Waals surface area contributed by atoms with E-state index in [9.17, 15) is 0 Å². The number of nitrogens with two attached hydrogens (primary N) is 1. The van der Waals surface area contributed by atoms with E-state index < -0.39 is 0 Å². The maximum Gasteiger partial charge on any atom is 0.171 e. The van der Waals surface area contributed by atoms with Gasteiger partial charge in [0.2, 0.25) is 0 Å². The molecular weight excluding hydrogens is 260 g/mol. The predicted octanol–water partition coefficient (Wildman–Crippen LogP) is 2.15. The van der Waals surface area contributed by atoms with Crippen LogP contribution in [0.25, 0.3) is 0 Å². The summed E-state index contributed by atoms with van der Waals surface area (Å²) in [5.41, 5.74) is 6.22. The normalized spacial score (nSPS) is 13.7. The van der Waals surface area contributed by atoms with Crippen molar-refractivity contribution in [3.05, 3.63) is 28.8 Å². The lowest BCUT2D eigenvalue weighted by atomic mass is 10.2. The Morgan fingerprint density at radius 2 is 2.29 bits per heavy atom. The highest BCUT2D eigenvalue weighted by atomic mass is 35.5. The third-order valence-corrected chi connectivity index (χ3v) is 3.78. The number of halogens is 1. The number of hydrogen-bond donors (Lipinski definition) is 3. The number of amidine groups is 1. The molecule has 17 heavy (non-hydrogen) atoms. The van der Waals surface area contributed by atoms with E-state index in [1.165, 1.54) is 11.8 Å². The number of benzene rings is 1. The molecule has 4 N–H and O–H groups in total. The lowest BCUT2D eigenvalue weighted by molar-refractivity contribution is 0.250. The van der Waals surface area contributed by atoms with Gasteiger partial charge in [0.1, 0.15) is 0 Å². The average Bonchev–Trinajstić information content (AvgIpc) is 2.35. The lowest BCUT2D eigenvalue weighted by Crippen LogP contribution is -2.14. The minimum absolute atomic E-state index is 0.0563. The molecule has 0 spiro atoms. The first-order chi connectivity index (χ1) is 8.08. The first-order valence-corrected chi connectivity index (χ1v) is 6.46. The van der Waals surface area contributed by atoms with Gasteiger partial charge in [0.15, 0.2) is 5.84 Å². The van der Waals surface area contributed by atoms with Crippen LogP contribution in [-0.2, 0) is 0 Å². The molecule has 94 valence electrons. The zero-order chi connectivity index (χ0) is 12.8. The Labute approximate surface area is 109 Å². The van der Waals surface area contributed by atoms with Crippen LogP contribution in [0, 0.1) is 5.92 Å². The van der Waals surface area contributed by atoms with E-state index in [1.807, 2.05) is 6.92 Å². The molecule has 1 rings (SSSR count). The summed E-state index contributed by atoms with van der Waals surface area (Å²) in [6.07, 6.45) is 0. The first-order valence-electron chi connectivity index (χ1n) is 5.09. The molecule has 1 atom stereocenters. The van der Waals surface area contributed by atoms with Gasteiger partial charge in [0.25, 0.3) is 0 Å². The van der Waals surface area contributed by atoms with E-state index in [-0.39, 0.29) is 18.4 Å². The zero-order valence-corrected chi connectivity index (χ0v) is 11.0. The van der Waals surface area contributed by atoms with E-state index in [1.54, 1.807) is 18.2 Å². The lowest BCUT2D eigenvalue weighted by Gasteiger charge is -2.11. The van der Waals surface area contributed by atoms with Crippen LogP contribution in [0.4, 0.5) is 0 Å². The Morgan fingerprint density at radius 1 is 1.59 bits per heavy atom. The second kappa shape index (κ2) is 6.74. The van der Waals surface area contributed by atoms with E-state index in [0.29, 0.717) is 10.6 Å². The van der Waals surface area contributed by atoms with Gasteiger partial charge in [-0.3, -0.25) is 0 Å². The van der Waals surface area contributed by atoms with Crippen LogP contribution >= 0.6 is 23.4 Å². The summed E-state index contributed by atoms with van der Waals surface area (Å²) >= 11 is 7.43. The third-order valence-electron chi connectivity index (χ3n) is 2.16. The molecule has 4 nitrogen and oxygen atoms in total. The van der Waals surface area contributed by atoms with E-state index >= 15 is 0 Å². The van der Waals surface area contributed by atoms with Crippen molar-refractivity contribution in [1.82, 2.24) is 0 Å². The van der Waals surface area contributed by atoms with Crippen LogP contribution in [0.3, 0.4) is 0 Å². The Kier molecular flexibility index (Phi) is 5.61. The molecule has 0 aromatic heterocycles. The smallest absolute Gasteiger partial charge is 0.171 e. The van der Waals surface area contributed by atoms with E-state index in [2.05, 4.69) is 5.16 Å². The summed E-state index contributed by atoms with van der Waals surface area (Å²) in [5, 5.41) is 21.2. The standard InChI is InChI=1S/C11H15ClN2O2S/c1-7(5-15)6-17-10-4-8(12)2-3-9(10)11(13)14-16/h2-4,7,15-16H,5-6H2,1H3,(H2,13,14). The maximum absolute atomic E-state index is 8.96. The average molecular weight is 275 g/mol. The van der Waals surface area contributed by atoms with Crippen LogP contribution in [-0.4, -0.2) is 28.5 Å². The van der Waals surface area contributed by atoms with E-state index in [4.69, 9.17) is 27.6 Å². The molecule has 0 amide bonds. The number of nitrogens with zero attached hydrogens (tertiary/aromatic N) is 1. The van der Waals surface area contributed by atoms with Crippen molar-refractivity contribution in [2.45, 2.75) is 11.8 Å². The number of rotatable bonds is 5. The molecule has 0 radical (unpaired) electrons. The Bertz CT molecular complexity index is 412. The highest BCUT2D eigenvalue weighted by Crippen LogP contribution is 2.27. The Hall–Kier alpha value is -0.910. The summed E-state index contributed by atoms with van der Waals surface area (Å²) < 4.78 is 0. The number of oxime groups is 1. The molecule has 0 aliphatic heterocycles. The molecule has 1 aromatic carbocycles. The molecule has 0 fully saturated rings.